The lowest BCUT2D eigenvalue weighted by molar-refractivity contribution is 0.0949. The second kappa shape index (κ2) is 10.3. The Morgan fingerprint density at radius 3 is 2.29 bits per heavy atom. The fourth-order valence-corrected chi connectivity index (χ4v) is 3.15. The Morgan fingerprint density at radius 1 is 0.871 bits per heavy atom. The van der Waals surface area contributed by atoms with Crippen LogP contribution in [0.25, 0.3) is 0 Å². The molecular formula is C24H25N3O4. The highest BCUT2D eigenvalue weighted by molar-refractivity contribution is 6.06. The second-order valence-electron chi connectivity index (χ2n) is 6.70. The number of nitrogens with zero attached hydrogens (tertiary/aromatic N) is 1. The molecule has 0 aliphatic carbocycles. The number of methoxy groups -OCH3 is 2. The van der Waals surface area contributed by atoms with Gasteiger partial charge in [-0.3, -0.25) is 14.5 Å². The summed E-state index contributed by atoms with van der Waals surface area (Å²) in [5, 5.41) is 2.86. The molecule has 0 radical (unpaired) electrons. The lowest BCUT2D eigenvalue weighted by atomic mass is 10.1. The van der Waals surface area contributed by atoms with Crippen LogP contribution >= 0.6 is 0 Å². The van der Waals surface area contributed by atoms with Crippen LogP contribution < -0.4 is 25.4 Å². The quantitative estimate of drug-likeness (QED) is 0.547. The molecule has 160 valence electrons. The molecule has 3 N–H and O–H groups in total. The van der Waals surface area contributed by atoms with E-state index < -0.39 is 0 Å². The summed E-state index contributed by atoms with van der Waals surface area (Å²) in [7, 11) is 3.05. The van der Waals surface area contributed by atoms with Crippen LogP contribution in [0.15, 0.2) is 72.8 Å². The summed E-state index contributed by atoms with van der Waals surface area (Å²) < 4.78 is 10.4. The Balaban J connectivity index is 1.71. The van der Waals surface area contributed by atoms with Gasteiger partial charge in [-0.15, -0.1) is 0 Å². The zero-order valence-corrected chi connectivity index (χ0v) is 17.5. The fraction of sp³-hybridized carbons (Fsp3) is 0.167. The largest absolute Gasteiger partial charge is 0.493 e. The van der Waals surface area contributed by atoms with Gasteiger partial charge in [0.05, 0.1) is 20.9 Å². The van der Waals surface area contributed by atoms with Crippen LogP contribution in [-0.4, -0.2) is 32.7 Å². The molecule has 31 heavy (non-hydrogen) atoms. The smallest absolute Gasteiger partial charge is 0.259 e. The molecule has 3 aromatic carbocycles. The van der Waals surface area contributed by atoms with E-state index in [2.05, 4.69) is 5.32 Å². The molecular weight excluding hydrogens is 394 g/mol. The van der Waals surface area contributed by atoms with E-state index in [9.17, 15) is 9.59 Å². The topological polar surface area (TPSA) is 93.9 Å². The van der Waals surface area contributed by atoms with E-state index >= 15 is 0 Å². The van der Waals surface area contributed by atoms with Gasteiger partial charge in [-0.1, -0.05) is 30.3 Å². The van der Waals surface area contributed by atoms with Gasteiger partial charge in [0.1, 0.15) is 0 Å². The summed E-state index contributed by atoms with van der Waals surface area (Å²) in [5.41, 5.74) is 8.28. The average molecular weight is 419 g/mol. The van der Waals surface area contributed by atoms with Crippen molar-refractivity contribution in [2.75, 3.05) is 25.8 Å². The van der Waals surface area contributed by atoms with Crippen molar-refractivity contribution in [1.29, 1.82) is 0 Å². The van der Waals surface area contributed by atoms with E-state index in [0.29, 0.717) is 22.6 Å². The number of amides is 2. The van der Waals surface area contributed by atoms with Gasteiger partial charge < -0.3 is 20.5 Å². The molecule has 3 aromatic rings. The number of anilines is 1. The summed E-state index contributed by atoms with van der Waals surface area (Å²) in [6.45, 7) is 0.325. The first-order valence-corrected chi connectivity index (χ1v) is 9.73. The fourth-order valence-electron chi connectivity index (χ4n) is 3.15. The number of hydrogen-bond acceptors (Lipinski definition) is 5. The number of carbonyl (C=O) groups excluding carboxylic acids is 2. The number of nitrogens with two attached hydrogens (primary N) is 1. The van der Waals surface area contributed by atoms with Crippen molar-refractivity contribution in [2.45, 2.75) is 6.54 Å². The molecule has 0 unspecified atom stereocenters. The molecule has 0 saturated heterocycles. The highest BCUT2D eigenvalue weighted by Crippen LogP contribution is 2.27. The maximum absolute atomic E-state index is 13.0. The van der Waals surface area contributed by atoms with Crippen molar-refractivity contribution in [1.82, 2.24) is 5.32 Å². The Labute approximate surface area is 181 Å². The van der Waals surface area contributed by atoms with Gasteiger partial charge in [0, 0.05) is 23.4 Å². The Hall–Kier alpha value is -3.84. The van der Waals surface area contributed by atoms with E-state index in [1.54, 1.807) is 36.4 Å². The molecule has 0 heterocycles. The summed E-state index contributed by atoms with van der Waals surface area (Å²) in [6.07, 6.45) is 0. The molecule has 7 nitrogen and oxygen atoms in total. The maximum Gasteiger partial charge on any atom is 0.259 e. The van der Waals surface area contributed by atoms with Gasteiger partial charge in [0.2, 0.25) is 0 Å². The Bertz CT molecular complexity index is 1050. The molecule has 0 spiro atoms. The lowest BCUT2D eigenvalue weighted by Crippen LogP contribution is -2.36. The molecule has 0 saturated carbocycles. The average Bonchev–Trinajstić information content (AvgIpc) is 2.83. The van der Waals surface area contributed by atoms with Crippen LogP contribution in [0.1, 0.15) is 26.3 Å². The molecule has 7 heteroatoms. The SMILES string of the molecule is COc1ccc(C(=O)NCc2cccc(C(=O)N(CN)c3ccccc3)c2)cc1OC. The van der Waals surface area contributed by atoms with E-state index in [1.165, 1.54) is 19.1 Å². The molecule has 2 amide bonds. The molecule has 0 bridgehead atoms. The minimum Gasteiger partial charge on any atom is -0.493 e. The van der Waals surface area contributed by atoms with Crippen LogP contribution in [0.4, 0.5) is 5.69 Å². The molecule has 3 rings (SSSR count). The molecule has 0 atom stereocenters. The van der Waals surface area contributed by atoms with Crippen LogP contribution in [0.2, 0.25) is 0 Å². The van der Waals surface area contributed by atoms with Gasteiger partial charge >= 0.3 is 0 Å². The third-order valence-electron chi connectivity index (χ3n) is 4.77. The van der Waals surface area contributed by atoms with Gasteiger partial charge in [-0.25, -0.2) is 0 Å². The number of benzene rings is 3. The van der Waals surface area contributed by atoms with E-state index in [4.69, 9.17) is 15.2 Å². The van der Waals surface area contributed by atoms with Crippen LogP contribution in [0.3, 0.4) is 0 Å². The first kappa shape index (κ1) is 21.9. The van der Waals surface area contributed by atoms with Gasteiger partial charge in [0.15, 0.2) is 11.5 Å². The van der Waals surface area contributed by atoms with Gasteiger partial charge in [0.25, 0.3) is 11.8 Å². The van der Waals surface area contributed by atoms with Crippen LogP contribution in [0, 0.1) is 0 Å². The maximum atomic E-state index is 13.0. The van der Waals surface area contributed by atoms with Crippen LogP contribution in [0.5, 0.6) is 11.5 Å². The number of carbonyl (C=O) groups is 2. The monoisotopic (exact) mass is 419 g/mol. The minimum atomic E-state index is -0.259. The molecule has 0 aliphatic rings. The summed E-state index contributed by atoms with van der Waals surface area (Å²) in [6, 6.07) is 21.3. The second-order valence-corrected chi connectivity index (χ2v) is 6.70. The summed E-state index contributed by atoms with van der Waals surface area (Å²) >= 11 is 0. The first-order valence-electron chi connectivity index (χ1n) is 9.73. The van der Waals surface area contributed by atoms with Crippen molar-refractivity contribution < 1.29 is 19.1 Å². The molecule has 0 fully saturated rings. The highest BCUT2D eigenvalue weighted by Gasteiger charge is 2.17. The normalized spacial score (nSPS) is 10.3. The summed E-state index contributed by atoms with van der Waals surface area (Å²) in [5.74, 6) is 0.561. The minimum absolute atomic E-state index is 0.0586. The number of rotatable bonds is 8. The van der Waals surface area contributed by atoms with Crippen molar-refractivity contribution in [3.8, 4) is 11.5 Å². The van der Waals surface area contributed by atoms with Gasteiger partial charge in [-0.2, -0.15) is 0 Å². The standard InChI is InChI=1S/C24H25N3O4/c1-30-21-12-11-18(14-22(21)31-2)23(28)26-15-17-7-6-8-19(13-17)24(29)27(16-25)20-9-4-3-5-10-20/h3-14H,15-16,25H2,1-2H3,(H,26,28). The number of para-hydroxylation sites is 1. The van der Waals surface area contributed by atoms with Crippen LogP contribution in [-0.2, 0) is 6.54 Å². The summed E-state index contributed by atoms with van der Waals surface area (Å²) in [4.78, 5) is 27.0. The number of ether oxygens (including phenoxy) is 2. The predicted molar refractivity (Wildman–Crippen MR) is 119 cm³/mol. The van der Waals surface area contributed by atoms with Crippen molar-refractivity contribution in [3.63, 3.8) is 0 Å². The third kappa shape index (κ3) is 5.21. The Morgan fingerprint density at radius 2 is 1.61 bits per heavy atom. The van der Waals surface area contributed by atoms with E-state index in [1.807, 2.05) is 36.4 Å². The zero-order valence-electron chi connectivity index (χ0n) is 17.5. The van der Waals surface area contributed by atoms with Crippen molar-refractivity contribution in [2.24, 2.45) is 5.73 Å². The number of nitrogens with one attached hydrogen (secondary N) is 1. The van der Waals surface area contributed by atoms with Gasteiger partial charge in [-0.05, 0) is 48.0 Å². The lowest BCUT2D eigenvalue weighted by Gasteiger charge is -2.21. The van der Waals surface area contributed by atoms with E-state index in [-0.39, 0.29) is 25.0 Å². The molecule has 0 aromatic heterocycles. The third-order valence-corrected chi connectivity index (χ3v) is 4.77. The number of hydrogen-bond donors (Lipinski definition) is 2. The predicted octanol–water partition coefficient (Wildman–Crippen LogP) is 3.20. The van der Waals surface area contributed by atoms with E-state index in [0.717, 1.165) is 11.3 Å². The molecule has 0 aliphatic heterocycles. The van der Waals surface area contributed by atoms with Crippen molar-refractivity contribution >= 4 is 17.5 Å². The highest BCUT2D eigenvalue weighted by atomic mass is 16.5. The first-order chi connectivity index (χ1) is 15.1. The Kier molecular flexibility index (Phi) is 7.24. The van der Waals surface area contributed by atoms with Crippen molar-refractivity contribution in [3.05, 3.63) is 89.5 Å². The zero-order chi connectivity index (χ0) is 22.2.